The van der Waals surface area contributed by atoms with Gasteiger partial charge in [0.2, 0.25) is 5.82 Å². The second kappa shape index (κ2) is 5.00. The minimum absolute atomic E-state index is 0.0225. The van der Waals surface area contributed by atoms with Crippen molar-refractivity contribution in [3.8, 4) is 0 Å². The molecule has 2 rings (SSSR count). The fourth-order valence-electron chi connectivity index (χ4n) is 1.67. The van der Waals surface area contributed by atoms with Crippen molar-refractivity contribution in [2.24, 2.45) is 5.92 Å². The maximum absolute atomic E-state index is 11.0. The lowest BCUT2D eigenvalue weighted by atomic mass is 10.2. The van der Waals surface area contributed by atoms with E-state index in [0.29, 0.717) is 18.3 Å². The second-order valence-electron chi connectivity index (χ2n) is 4.58. The first-order valence-corrected chi connectivity index (χ1v) is 5.86. The monoisotopic (exact) mass is 245 g/mol. The Bertz CT molecular complexity index is 581. The smallest absolute Gasteiger partial charge is 0.312 e. The van der Waals surface area contributed by atoms with Crippen LogP contribution in [0.4, 0.5) is 11.5 Å². The zero-order valence-electron chi connectivity index (χ0n) is 10.4. The van der Waals surface area contributed by atoms with Gasteiger partial charge in [-0.05, 0) is 12.0 Å². The highest BCUT2D eigenvalue weighted by atomic mass is 16.6. The molecule has 1 N–H and O–H groups in total. The Kier molecular flexibility index (Phi) is 3.41. The number of benzene rings is 1. The maximum atomic E-state index is 11.0. The quantitative estimate of drug-likeness (QED) is 0.663. The van der Waals surface area contributed by atoms with Gasteiger partial charge in [-0.25, -0.2) is 4.98 Å². The summed E-state index contributed by atoms with van der Waals surface area (Å²) < 4.78 is 0. The third-order valence-corrected chi connectivity index (χ3v) is 2.58. The van der Waals surface area contributed by atoms with Crippen molar-refractivity contribution in [2.75, 3.05) is 11.9 Å². The maximum Gasteiger partial charge on any atom is 0.312 e. The number of nitrogens with zero attached hydrogens (tertiary/aromatic N) is 2. The van der Waals surface area contributed by atoms with Gasteiger partial charge in [-0.15, -0.1) is 0 Å². The molecule has 0 bridgehead atoms. The van der Waals surface area contributed by atoms with Crippen molar-refractivity contribution in [3.05, 3.63) is 40.4 Å². The molecule has 18 heavy (non-hydrogen) atoms. The van der Waals surface area contributed by atoms with Crippen molar-refractivity contribution in [3.63, 3.8) is 0 Å². The summed E-state index contributed by atoms with van der Waals surface area (Å²) in [5, 5.41) is 14.8. The highest BCUT2D eigenvalue weighted by molar-refractivity contribution is 5.84. The summed E-state index contributed by atoms with van der Waals surface area (Å²) in [6, 6.07) is 8.94. The molecule has 0 aliphatic carbocycles. The summed E-state index contributed by atoms with van der Waals surface area (Å²) in [7, 11) is 0. The molecule has 0 unspecified atom stereocenters. The number of hydrogen-bond donors (Lipinski definition) is 1. The van der Waals surface area contributed by atoms with Crippen LogP contribution in [-0.2, 0) is 0 Å². The first kappa shape index (κ1) is 12.3. The lowest BCUT2D eigenvalue weighted by molar-refractivity contribution is -0.384. The third-order valence-electron chi connectivity index (χ3n) is 2.58. The summed E-state index contributed by atoms with van der Waals surface area (Å²) in [4.78, 5) is 15.0. The van der Waals surface area contributed by atoms with E-state index in [1.54, 1.807) is 6.07 Å². The molecular weight excluding hydrogens is 230 g/mol. The van der Waals surface area contributed by atoms with Crippen molar-refractivity contribution in [2.45, 2.75) is 13.8 Å². The SMILES string of the molecule is CC(C)CNc1nc2ccccc2cc1[N+](=O)[O-]. The molecule has 0 fully saturated rings. The average Bonchev–Trinajstić information content (AvgIpc) is 2.35. The molecule has 2 aromatic rings. The predicted octanol–water partition coefficient (Wildman–Crippen LogP) is 3.21. The number of hydrogen-bond acceptors (Lipinski definition) is 4. The normalized spacial score (nSPS) is 10.8. The van der Waals surface area contributed by atoms with Crippen molar-refractivity contribution >= 4 is 22.4 Å². The van der Waals surface area contributed by atoms with E-state index in [2.05, 4.69) is 10.3 Å². The minimum atomic E-state index is -0.401. The molecule has 0 aliphatic rings. The van der Waals surface area contributed by atoms with E-state index < -0.39 is 4.92 Å². The molecule has 1 heterocycles. The van der Waals surface area contributed by atoms with Crippen LogP contribution in [0, 0.1) is 16.0 Å². The Hall–Kier alpha value is -2.17. The van der Waals surface area contributed by atoms with E-state index in [4.69, 9.17) is 0 Å². The molecule has 0 saturated carbocycles. The van der Waals surface area contributed by atoms with Crippen LogP contribution in [0.1, 0.15) is 13.8 Å². The summed E-state index contributed by atoms with van der Waals surface area (Å²) in [6.45, 7) is 4.74. The van der Waals surface area contributed by atoms with Crippen LogP contribution in [0.3, 0.4) is 0 Å². The van der Waals surface area contributed by atoms with Gasteiger partial charge in [0, 0.05) is 18.0 Å². The molecular formula is C13H15N3O2. The molecule has 0 saturated heterocycles. The Labute approximate surface area is 105 Å². The number of fused-ring (bicyclic) bond motifs is 1. The van der Waals surface area contributed by atoms with Gasteiger partial charge in [-0.3, -0.25) is 10.1 Å². The molecule has 0 amide bonds. The molecule has 5 heteroatoms. The number of aromatic nitrogens is 1. The van der Waals surface area contributed by atoms with E-state index in [1.807, 2.05) is 38.1 Å². The Morgan fingerprint density at radius 1 is 1.39 bits per heavy atom. The molecule has 0 radical (unpaired) electrons. The number of anilines is 1. The van der Waals surface area contributed by atoms with Crippen LogP contribution in [0.25, 0.3) is 10.9 Å². The number of para-hydroxylation sites is 1. The first-order valence-electron chi connectivity index (χ1n) is 5.86. The second-order valence-corrected chi connectivity index (χ2v) is 4.58. The fraction of sp³-hybridized carbons (Fsp3) is 0.308. The lowest BCUT2D eigenvalue weighted by Gasteiger charge is -2.09. The van der Waals surface area contributed by atoms with Crippen LogP contribution in [-0.4, -0.2) is 16.5 Å². The third kappa shape index (κ3) is 2.56. The van der Waals surface area contributed by atoms with E-state index in [1.165, 1.54) is 0 Å². The zero-order chi connectivity index (χ0) is 13.1. The van der Waals surface area contributed by atoms with Crippen LogP contribution >= 0.6 is 0 Å². The Morgan fingerprint density at radius 2 is 2.11 bits per heavy atom. The number of nitro groups is 1. The average molecular weight is 245 g/mol. The van der Waals surface area contributed by atoms with Gasteiger partial charge < -0.3 is 5.32 Å². The number of rotatable bonds is 4. The minimum Gasteiger partial charge on any atom is -0.364 e. The summed E-state index contributed by atoms with van der Waals surface area (Å²) in [5.41, 5.74) is 0.781. The van der Waals surface area contributed by atoms with Gasteiger partial charge in [0.1, 0.15) is 0 Å². The molecule has 1 aromatic carbocycles. The van der Waals surface area contributed by atoms with Gasteiger partial charge in [0.15, 0.2) is 0 Å². The largest absolute Gasteiger partial charge is 0.364 e. The van der Waals surface area contributed by atoms with Crippen LogP contribution in [0.5, 0.6) is 0 Å². The van der Waals surface area contributed by atoms with E-state index >= 15 is 0 Å². The van der Waals surface area contributed by atoms with Crippen molar-refractivity contribution < 1.29 is 4.92 Å². The van der Waals surface area contributed by atoms with Crippen LogP contribution in [0.15, 0.2) is 30.3 Å². The van der Waals surface area contributed by atoms with Gasteiger partial charge in [-0.2, -0.15) is 0 Å². The van der Waals surface area contributed by atoms with E-state index in [9.17, 15) is 10.1 Å². The van der Waals surface area contributed by atoms with Crippen molar-refractivity contribution in [1.82, 2.24) is 4.98 Å². The number of pyridine rings is 1. The Balaban J connectivity index is 2.47. The zero-order valence-corrected chi connectivity index (χ0v) is 10.4. The predicted molar refractivity (Wildman–Crippen MR) is 71.7 cm³/mol. The molecule has 94 valence electrons. The van der Waals surface area contributed by atoms with Crippen LogP contribution in [0.2, 0.25) is 0 Å². The summed E-state index contributed by atoms with van der Waals surface area (Å²) >= 11 is 0. The van der Waals surface area contributed by atoms with Gasteiger partial charge in [0.05, 0.1) is 10.4 Å². The molecule has 0 atom stereocenters. The first-order chi connectivity index (χ1) is 8.58. The van der Waals surface area contributed by atoms with Gasteiger partial charge >= 0.3 is 5.69 Å². The highest BCUT2D eigenvalue weighted by Gasteiger charge is 2.16. The lowest BCUT2D eigenvalue weighted by Crippen LogP contribution is -2.11. The molecule has 5 nitrogen and oxygen atoms in total. The number of nitrogens with one attached hydrogen (secondary N) is 1. The molecule has 0 spiro atoms. The van der Waals surface area contributed by atoms with Crippen LogP contribution < -0.4 is 5.32 Å². The molecule has 0 aliphatic heterocycles. The molecule has 1 aromatic heterocycles. The standard InChI is InChI=1S/C13H15N3O2/c1-9(2)8-14-13-12(16(17)18)7-10-5-3-4-6-11(10)15-13/h3-7,9H,8H2,1-2H3,(H,14,15). The summed E-state index contributed by atoms with van der Waals surface area (Å²) in [6.07, 6.45) is 0. The summed E-state index contributed by atoms with van der Waals surface area (Å²) in [5.74, 6) is 0.741. The van der Waals surface area contributed by atoms with E-state index in [-0.39, 0.29) is 5.69 Å². The van der Waals surface area contributed by atoms with Crippen molar-refractivity contribution in [1.29, 1.82) is 0 Å². The topological polar surface area (TPSA) is 68.1 Å². The van der Waals surface area contributed by atoms with Gasteiger partial charge in [0.25, 0.3) is 0 Å². The Morgan fingerprint density at radius 3 is 2.78 bits per heavy atom. The van der Waals surface area contributed by atoms with E-state index in [0.717, 1.165) is 10.9 Å². The van der Waals surface area contributed by atoms with Gasteiger partial charge in [-0.1, -0.05) is 32.0 Å². The highest BCUT2D eigenvalue weighted by Crippen LogP contribution is 2.26. The fourth-order valence-corrected chi connectivity index (χ4v) is 1.67.